The van der Waals surface area contributed by atoms with Crippen molar-refractivity contribution in [1.29, 1.82) is 0 Å². The average molecular weight is 220 g/mol. The molecule has 0 fully saturated rings. The topological polar surface area (TPSA) is 55.1 Å². The van der Waals surface area contributed by atoms with E-state index in [1.54, 1.807) is 0 Å². The van der Waals surface area contributed by atoms with E-state index in [4.69, 9.17) is 5.73 Å². The van der Waals surface area contributed by atoms with Gasteiger partial charge in [-0.2, -0.15) is 0 Å². The third-order valence-electron chi connectivity index (χ3n) is 2.43. The minimum Gasteiger partial charge on any atom is -0.325 e. The Morgan fingerprint density at radius 3 is 2.38 bits per heavy atom. The molecule has 0 aliphatic rings. The molecule has 3 nitrogen and oxygen atoms in total. The Morgan fingerprint density at radius 2 is 1.88 bits per heavy atom. The van der Waals surface area contributed by atoms with Gasteiger partial charge in [0.2, 0.25) is 5.91 Å². The van der Waals surface area contributed by atoms with Crippen molar-refractivity contribution in [3.8, 4) is 0 Å². The number of carbonyl (C=O) groups is 1. The van der Waals surface area contributed by atoms with Crippen LogP contribution >= 0.6 is 0 Å². The fourth-order valence-corrected chi connectivity index (χ4v) is 1.72. The minimum atomic E-state index is -0.411. The Balaban J connectivity index is 2.69. The lowest BCUT2D eigenvalue weighted by molar-refractivity contribution is -0.117. The molecule has 3 heteroatoms. The maximum absolute atomic E-state index is 11.7. The molecule has 0 saturated heterocycles. The minimum absolute atomic E-state index is 0.105. The van der Waals surface area contributed by atoms with Crippen molar-refractivity contribution >= 4 is 11.6 Å². The van der Waals surface area contributed by atoms with E-state index in [1.165, 1.54) is 0 Å². The van der Waals surface area contributed by atoms with Crippen LogP contribution in [0.2, 0.25) is 0 Å². The molecule has 16 heavy (non-hydrogen) atoms. The largest absolute Gasteiger partial charge is 0.325 e. The quantitative estimate of drug-likeness (QED) is 0.818. The van der Waals surface area contributed by atoms with Crippen molar-refractivity contribution in [2.24, 2.45) is 5.73 Å². The fraction of sp³-hybridized carbons (Fsp3) is 0.462. The molecule has 1 atom stereocenters. The molecule has 88 valence electrons. The maximum Gasteiger partial charge on any atom is 0.241 e. The van der Waals surface area contributed by atoms with Crippen molar-refractivity contribution in [1.82, 2.24) is 0 Å². The van der Waals surface area contributed by atoms with Gasteiger partial charge in [-0.05, 0) is 43.5 Å². The van der Waals surface area contributed by atoms with Gasteiger partial charge in [0, 0.05) is 5.69 Å². The Hall–Kier alpha value is -1.35. The summed E-state index contributed by atoms with van der Waals surface area (Å²) in [5, 5.41) is 2.84. The van der Waals surface area contributed by atoms with E-state index in [9.17, 15) is 4.79 Å². The SMILES string of the molecule is CCC[C@@H](N)C(=O)Nc1cc(C)cc(C)c1. The fourth-order valence-electron chi connectivity index (χ4n) is 1.72. The molecule has 1 rings (SSSR count). The normalized spacial score (nSPS) is 12.2. The van der Waals surface area contributed by atoms with Gasteiger partial charge in [0.05, 0.1) is 6.04 Å². The van der Waals surface area contributed by atoms with Crippen molar-refractivity contribution in [2.75, 3.05) is 5.32 Å². The summed E-state index contributed by atoms with van der Waals surface area (Å²) < 4.78 is 0. The molecule has 1 aromatic rings. The van der Waals surface area contributed by atoms with Crippen LogP contribution in [0.1, 0.15) is 30.9 Å². The zero-order valence-electron chi connectivity index (χ0n) is 10.2. The molecule has 1 aromatic carbocycles. The lowest BCUT2D eigenvalue weighted by Crippen LogP contribution is -2.35. The van der Waals surface area contributed by atoms with Crippen LogP contribution in [-0.4, -0.2) is 11.9 Å². The predicted molar refractivity (Wildman–Crippen MR) is 67.4 cm³/mol. The summed E-state index contributed by atoms with van der Waals surface area (Å²) in [5.74, 6) is -0.105. The van der Waals surface area contributed by atoms with E-state index in [-0.39, 0.29) is 5.91 Å². The molecule has 0 aliphatic heterocycles. The Morgan fingerprint density at radius 1 is 1.31 bits per heavy atom. The van der Waals surface area contributed by atoms with Crippen molar-refractivity contribution in [3.63, 3.8) is 0 Å². The highest BCUT2D eigenvalue weighted by molar-refractivity contribution is 5.94. The molecule has 0 aliphatic carbocycles. The van der Waals surface area contributed by atoms with E-state index in [2.05, 4.69) is 11.4 Å². The first-order valence-electron chi connectivity index (χ1n) is 5.67. The van der Waals surface area contributed by atoms with E-state index in [0.29, 0.717) is 0 Å². The van der Waals surface area contributed by atoms with Gasteiger partial charge in [-0.15, -0.1) is 0 Å². The highest BCUT2D eigenvalue weighted by Gasteiger charge is 2.12. The number of benzene rings is 1. The first kappa shape index (κ1) is 12.7. The van der Waals surface area contributed by atoms with Crippen molar-refractivity contribution in [3.05, 3.63) is 29.3 Å². The van der Waals surface area contributed by atoms with Crippen LogP contribution in [0.25, 0.3) is 0 Å². The summed E-state index contributed by atoms with van der Waals surface area (Å²) >= 11 is 0. The first-order chi connectivity index (χ1) is 7.52. The van der Waals surface area contributed by atoms with Gasteiger partial charge < -0.3 is 11.1 Å². The maximum atomic E-state index is 11.7. The number of amides is 1. The second-order valence-electron chi connectivity index (χ2n) is 4.26. The molecule has 0 aromatic heterocycles. The summed E-state index contributed by atoms with van der Waals surface area (Å²) in [6.07, 6.45) is 1.64. The Labute approximate surface area is 97.0 Å². The molecule has 0 spiro atoms. The summed E-state index contributed by atoms with van der Waals surface area (Å²) in [7, 11) is 0. The third kappa shape index (κ3) is 3.66. The number of hydrogen-bond donors (Lipinski definition) is 2. The van der Waals surface area contributed by atoms with Crippen LogP contribution in [0, 0.1) is 13.8 Å². The molecule has 1 amide bonds. The summed E-state index contributed by atoms with van der Waals surface area (Å²) in [6.45, 7) is 6.03. The zero-order valence-corrected chi connectivity index (χ0v) is 10.2. The second kappa shape index (κ2) is 5.66. The van der Waals surface area contributed by atoms with Crippen LogP contribution in [0.4, 0.5) is 5.69 Å². The third-order valence-corrected chi connectivity index (χ3v) is 2.43. The molecule has 0 heterocycles. The number of rotatable bonds is 4. The molecule has 3 N–H and O–H groups in total. The van der Waals surface area contributed by atoms with Gasteiger partial charge >= 0.3 is 0 Å². The first-order valence-corrected chi connectivity index (χ1v) is 5.67. The highest BCUT2D eigenvalue weighted by atomic mass is 16.2. The number of anilines is 1. The van der Waals surface area contributed by atoms with Crippen LogP contribution in [-0.2, 0) is 4.79 Å². The number of hydrogen-bond acceptors (Lipinski definition) is 2. The van der Waals surface area contributed by atoms with Gasteiger partial charge in [-0.25, -0.2) is 0 Å². The van der Waals surface area contributed by atoms with Crippen LogP contribution in [0.5, 0.6) is 0 Å². The van der Waals surface area contributed by atoms with Crippen molar-refractivity contribution < 1.29 is 4.79 Å². The molecule has 0 radical (unpaired) electrons. The second-order valence-corrected chi connectivity index (χ2v) is 4.26. The monoisotopic (exact) mass is 220 g/mol. The standard InChI is InChI=1S/C13H20N2O/c1-4-5-12(14)13(16)15-11-7-9(2)6-10(3)8-11/h6-8,12H,4-5,14H2,1-3H3,(H,15,16)/t12-/m1/s1. The molecule has 0 bridgehead atoms. The van der Waals surface area contributed by atoms with E-state index >= 15 is 0 Å². The molecule has 0 unspecified atom stereocenters. The molecular formula is C13H20N2O. The van der Waals surface area contributed by atoms with E-state index < -0.39 is 6.04 Å². The Kier molecular flexibility index (Phi) is 4.50. The highest BCUT2D eigenvalue weighted by Crippen LogP contribution is 2.14. The predicted octanol–water partition coefficient (Wildman–Crippen LogP) is 2.37. The zero-order chi connectivity index (χ0) is 12.1. The van der Waals surface area contributed by atoms with Gasteiger partial charge in [0.25, 0.3) is 0 Å². The smallest absolute Gasteiger partial charge is 0.241 e. The lowest BCUT2D eigenvalue weighted by Gasteiger charge is -2.12. The number of nitrogens with one attached hydrogen (secondary N) is 1. The van der Waals surface area contributed by atoms with Crippen LogP contribution in [0.15, 0.2) is 18.2 Å². The molecule has 0 saturated carbocycles. The van der Waals surface area contributed by atoms with Crippen LogP contribution < -0.4 is 11.1 Å². The number of carbonyl (C=O) groups excluding carboxylic acids is 1. The number of aryl methyl sites for hydroxylation is 2. The van der Waals surface area contributed by atoms with Crippen LogP contribution in [0.3, 0.4) is 0 Å². The van der Waals surface area contributed by atoms with E-state index in [1.807, 2.05) is 32.9 Å². The number of nitrogens with two attached hydrogens (primary N) is 1. The summed E-state index contributed by atoms with van der Waals surface area (Å²) in [6, 6.07) is 5.56. The Bertz CT molecular complexity index is 354. The van der Waals surface area contributed by atoms with Gasteiger partial charge in [0.1, 0.15) is 0 Å². The van der Waals surface area contributed by atoms with Gasteiger partial charge in [-0.3, -0.25) is 4.79 Å². The summed E-state index contributed by atoms with van der Waals surface area (Å²) in [4.78, 5) is 11.7. The van der Waals surface area contributed by atoms with Gasteiger partial charge in [0.15, 0.2) is 0 Å². The van der Waals surface area contributed by atoms with Gasteiger partial charge in [-0.1, -0.05) is 19.4 Å². The average Bonchev–Trinajstić information content (AvgIpc) is 2.16. The molecular weight excluding hydrogens is 200 g/mol. The summed E-state index contributed by atoms with van der Waals surface area (Å²) in [5.41, 5.74) is 8.84. The van der Waals surface area contributed by atoms with E-state index in [0.717, 1.165) is 29.7 Å². The van der Waals surface area contributed by atoms with Crippen molar-refractivity contribution in [2.45, 2.75) is 39.7 Å². The lowest BCUT2D eigenvalue weighted by atomic mass is 10.1.